The molecule has 0 atom stereocenters. The minimum absolute atomic E-state index is 0.0554. The average Bonchev–Trinajstić information content (AvgIpc) is 2.49. The summed E-state index contributed by atoms with van der Waals surface area (Å²) in [7, 11) is 1.89. The summed E-state index contributed by atoms with van der Waals surface area (Å²) in [6.07, 6.45) is 3.59. The Hall–Kier alpha value is -0.940. The van der Waals surface area contributed by atoms with Gasteiger partial charge < -0.3 is 10.4 Å². The second kappa shape index (κ2) is 4.06. The fourth-order valence-corrected chi connectivity index (χ4v) is 1.74. The van der Waals surface area contributed by atoms with Gasteiger partial charge in [-0.25, -0.2) is 0 Å². The van der Waals surface area contributed by atoms with Crippen molar-refractivity contribution in [1.82, 2.24) is 20.3 Å². The van der Waals surface area contributed by atoms with Crippen LogP contribution in [-0.4, -0.2) is 32.7 Å². The van der Waals surface area contributed by atoms with E-state index in [2.05, 4.69) is 15.6 Å². The second-order valence-electron chi connectivity index (χ2n) is 3.97. The molecule has 2 rings (SSSR count). The van der Waals surface area contributed by atoms with Crippen LogP contribution in [0.25, 0.3) is 0 Å². The van der Waals surface area contributed by atoms with Crippen molar-refractivity contribution < 1.29 is 5.11 Å². The van der Waals surface area contributed by atoms with E-state index in [-0.39, 0.29) is 6.10 Å². The summed E-state index contributed by atoms with van der Waals surface area (Å²) in [5.74, 6) is 0.645. The molecule has 1 heterocycles. The zero-order chi connectivity index (χ0) is 9.97. The SMILES string of the molecule is Cn1nncc1CNCC1CC(O)C1. The number of hydrogen-bond donors (Lipinski definition) is 2. The van der Waals surface area contributed by atoms with Crippen molar-refractivity contribution >= 4 is 0 Å². The molecule has 0 spiro atoms. The summed E-state index contributed by atoms with van der Waals surface area (Å²) in [4.78, 5) is 0. The van der Waals surface area contributed by atoms with Gasteiger partial charge in [-0.3, -0.25) is 4.68 Å². The molecular weight excluding hydrogens is 180 g/mol. The van der Waals surface area contributed by atoms with Crippen LogP contribution in [0.5, 0.6) is 0 Å². The van der Waals surface area contributed by atoms with E-state index in [9.17, 15) is 0 Å². The van der Waals surface area contributed by atoms with Crippen LogP contribution in [0.1, 0.15) is 18.5 Å². The lowest BCUT2D eigenvalue weighted by Gasteiger charge is -2.31. The van der Waals surface area contributed by atoms with E-state index in [1.165, 1.54) is 0 Å². The topological polar surface area (TPSA) is 63.0 Å². The average molecular weight is 196 g/mol. The highest BCUT2D eigenvalue weighted by Crippen LogP contribution is 2.26. The van der Waals surface area contributed by atoms with Gasteiger partial charge in [0, 0.05) is 13.6 Å². The van der Waals surface area contributed by atoms with Crippen LogP contribution < -0.4 is 5.32 Å². The van der Waals surface area contributed by atoms with E-state index >= 15 is 0 Å². The Balaban J connectivity index is 1.66. The van der Waals surface area contributed by atoms with E-state index < -0.39 is 0 Å². The van der Waals surface area contributed by atoms with Gasteiger partial charge in [-0.15, -0.1) is 5.10 Å². The summed E-state index contributed by atoms with van der Waals surface area (Å²) in [5, 5.41) is 20.1. The first-order valence-electron chi connectivity index (χ1n) is 4.98. The first kappa shape index (κ1) is 9.61. The van der Waals surface area contributed by atoms with Gasteiger partial charge in [0.1, 0.15) is 0 Å². The number of aliphatic hydroxyl groups is 1. The van der Waals surface area contributed by atoms with E-state index in [1.54, 1.807) is 10.9 Å². The molecule has 1 saturated carbocycles. The smallest absolute Gasteiger partial charge is 0.0738 e. The van der Waals surface area contributed by atoms with Gasteiger partial charge in [-0.1, -0.05) is 5.21 Å². The van der Waals surface area contributed by atoms with Crippen LogP contribution in [-0.2, 0) is 13.6 Å². The highest BCUT2D eigenvalue weighted by molar-refractivity contribution is 4.92. The van der Waals surface area contributed by atoms with Crippen LogP contribution in [0, 0.1) is 5.92 Å². The molecule has 0 saturated heterocycles. The second-order valence-corrected chi connectivity index (χ2v) is 3.97. The van der Waals surface area contributed by atoms with Crippen LogP contribution in [0.2, 0.25) is 0 Å². The molecule has 0 unspecified atom stereocenters. The third-order valence-corrected chi connectivity index (χ3v) is 2.76. The lowest BCUT2D eigenvalue weighted by molar-refractivity contribution is 0.0429. The van der Waals surface area contributed by atoms with Crippen molar-refractivity contribution in [1.29, 1.82) is 0 Å². The molecule has 14 heavy (non-hydrogen) atoms. The summed E-state index contributed by atoms with van der Waals surface area (Å²) < 4.78 is 1.77. The van der Waals surface area contributed by atoms with E-state index in [0.29, 0.717) is 5.92 Å². The van der Waals surface area contributed by atoms with Gasteiger partial charge in [0.25, 0.3) is 0 Å². The molecule has 78 valence electrons. The number of aryl methyl sites for hydroxylation is 1. The standard InChI is InChI=1S/C9H16N4O/c1-13-8(6-11-12-13)5-10-4-7-2-9(14)3-7/h6-7,9-10,14H,2-5H2,1H3. The predicted molar refractivity (Wildman–Crippen MR) is 51.4 cm³/mol. The van der Waals surface area contributed by atoms with E-state index in [4.69, 9.17) is 5.11 Å². The Bertz CT molecular complexity index is 293. The quantitative estimate of drug-likeness (QED) is 0.692. The number of nitrogens with one attached hydrogen (secondary N) is 1. The minimum atomic E-state index is -0.0554. The summed E-state index contributed by atoms with van der Waals surface area (Å²) >= 11 is 0. The maximum absolute atomic E-state index is 9.09. The first-order valence-corrected chi connectivity index (χ1v) is 4.98. The molecule has 5 nitrogen and oxygen atoms in total. The van der Waals surface area contributed by atoms with Crippen molar-refractivity contribution in [3.63, 3.8) is 0 Å². The predicted octanol–water partition coefficient (Wildman–Crippen LogP) is -0.324. The van der Waals surface area contributed by atoms with Crippen molar-refractivity contribution in [2.45, 2.75) is 25.5 Å². The Morgan fingerprint density at radius 1 is 1.64 bits per heavy atom. The van der Waals surface area contributed by atoms with Gasteiger partial charge in [0.2, 0.25) is 0 Å². The Labute approximate surface area is 83.1 Å². The highest BCUT2D eigenvalue weighted by atomic mass is 16.3. The van der Waals surface area contributed by atoms with Crippen LogP contribution in [0.3, 0.4) is 0 Å². The molecule has 1 aliphatic carbocycles. The van der Waals surface area contributed by atoms with Gasteiger partial charge in [0.05, 0.1) is 18.0 Å². The number of nitrogens with zero attached hydrogens (tertiary/aromatic N) is 3. The molecule has 0 radical (unpaired) electrons. The zero-order valence-electron chi connectivity index (χ0n) is 8.35. The van der Waals surface area contributed by atoms with Gasteiger partial charge in [-0.2, -0.15) is 0 Å². The molecule has 1 aliphatic rings. The number of aliphatic hydroxyl groups excluding tert-OH is 1. The molecule has 0 aromatic carbocycles. The Kier molecular flexibility index (Phi) is 2.79. The largest absolute Gasteiger partial charge is 0.393 e. The Morgan fingerprint density at radius 3 is 3.00 bits per heavy atom. The maximum Gasteiger partial charge on any atom is 0.0738 e. The number of hydrogen-bond acceptors (Lipinski definition) is 4. The molecule has 5 heteroatoms. The van der Waals surface area contributed by atoms with Crippen molar-refractivity contribution in [2.75, 3.05) is 6.54 Å². The molecule has 0 bridgehead atoms. The van der Waals surface area contributed by atoms with E-state index in [1.807, 2.05) is 7.05 Å². The van der Waals surface area contributed by atoms with Gasteiger partial charge in [0.15, 0.2) is 0 Å². The van der Waals surface area contributed by atoms with Gasteiger partial charge >= 0.3 is 0 Å². The molecule has 1 fully saturated rings. The Morgan fingerprint density at radius 2 is 2.43 bits per heavy atom. The lowest BCUT2D eigenvalue weighted by atomic mass is 9.82. The fourth-order valence-electron chi connectivity index (χ4n) is 1.74. The van der Waals surface area contributed by atoms with E-state index in [0.717, 1.165) is 31.6 Å². The van der Waals surface area contributed by atoms with Crippen LogP contribution >= 0.6 is 0 Å². The highest BCUT2D eigenvalue weighted by Gasteiger charge is 2.26. The first-order chi connectivity index (χ1) is 6.75. The third kappa shape index (κ3) is 2.10. The third-order valence-electron chi connectivity index (χ3n) is 2.76. The van der Waals surface area contributed by atoms with Crippen LogP contribution in [0.4, 0.5) is 0 Å². The number of aromatic nitrogens is 3. The molecule has 1 aromatic heterocycles. The normalized spacial score (nSPS) is 26.1. The van der Waals surface area contributed by atoms with Crippen molar-refractivity contribution in [3.8, 4) is 0 Å². The van der Waals surface area contributed by atoms with Crippen LogP contribution in [0.15, 0.2) is 6.20 Å². The zero-order valence-corrected chi connectivity index (χ0v) is 8.35. The molecule has 1 aromatic rings. The summed E-state index contributed by atoms with van der Waals surface area (Å²) in [6.45, 7) is 1.78. The monoisotopic (exact) mass is 196 g/mol. The maximum atomic E-state index is 9.09. The fraction of sp³-hybridized carbons (Fsp3) is 0.778. The molecule has 2 N–H and O–H groups in total. The molecule has 0 amide bonds. The number of rotatable bonds is 4. The molecule has 0 aliphatic heterocycles. The summed E-state index contributed by atoms with van der Waals surface area (Å²) in [5.41, 5.74) is 1.09. The minimum Gasteiger partial charge on any atom is -0.393 e. The van der Waals surface area contributed by atoms with Crippen molar-refractivity contribution in [3.05, 3.63) is 11.9 Å². The molecular formula is C9H16N4O. The van der Waals surface area contributed by atoms with Gasteiger partial charge in [-0.05, 0) is 25.3 Å². The van der Waals surface area contributed by atoms with Crippen molar-refractivity contribution in [2.24, 2.45) is 13.0 Å². The summed E-state index contributed by atoms with van der Waals surface area (Å²) in [6, 6.07) is 0. The lowest BCUT2D eigenvalue weighted by Crippen LogP contribution is -2.36.